The first-order valence-electron chi connectivity index (χ1n) is 8.36. The maximum absolute atomic E-state index is 12.1. The maximum Gasteiger partial charge on any atom is 0.258 e. The average Bonchev–Trinajstić information content (AvgIpc) is 2.68. The highest BCUT2D eigenvalue weighted by Gasteiger charge is 2.06. The summed E-state index contributed by atoms with van der Waals surface area (Å²) in [6, 6.07) is 14.6. The van der Waals surface area contributed by atoms with Gasteiger partial charge in [-0.2, -0.15) is 5.10 Å². The van der Waals surface area contributed by atoms with Crippen LogP contribution in [0.25, 0.3) is 22.2 Å². The fourth-order valence-corrected chi connectivity index (χ4v) is 2.90. The van der Waals surface area contributed by atoms with E-state index in [9.17, 15) is 4.79 Å². The maximum atomic E-state index is 12.1. The van der Waals surface area contributed by atoms with E-state index in [0.29, 0.717) is 46.4 Å². The lowest BCUT2D eigenvalue weighted by Crippen LogP contribution is -2.16. The van der Waals surface area contributed by atoms with E-state index in [4.69, 9.17) is 11.6 Å². The molecule has 0 atom stereocenters. The average molecular weight is 379 g/mol. The van der Waals surface area contributed by atoms with E-state index < -0.39 is 0 Å². The van der Waals surface area contributed by atoms with Crippen molar-refractivity contribution in [3.63, 3.8) is 0 Å². The number of para-hydroxylation sites is 1. The van der Waals surface area contributed by atoms with E-state index in [2.05, 4.69) is 30.5 Å². The molecule has 7 nitrogen and oxygen atoms in total. The predicted molar refractivity (Wildman–Crippen MR) is 105 cm³/mol. The summed E-state index contributed by atoms with van der Waals surface area (Å²) in [4.78, 5) is 23.8. The van der Waals surface area contributed by atoms with Crippen LogP contribution in [0, 0.1) is 0 Å². The summed E-state index contributed by atoms with van der Waals surface area (Å²) in [6.45, 7) is 0.502. The number of benzene rings is 2. The van der Waals surface area contributed by atoms with Crippen molar-refractivity contribution in [1.29, 1.82) is 0 Å². The zero-order chi connectivity index (χ0) is 18.6. The topological polar surface area (TPSA) is 96.5 Å². The summed E-state index contributed by atoms with van der Waals surface area (Å²) in [5, 5.41) is 12.3. The van der Waals surface area contributed by atoms with Gasteiger partial charge in [-0.25, -0.2) is 9.97 Å². The number of aromatic nitrogens is 5. The first-order valence-corrected chi connectivity index (χ1v) is 8.74. The van der Waals surface area contributed by atoms with Crippen molar-refractivity contribution in [2.75, 3.05) is 11.9 Å². The van der Waals surface area contributed by atoms with Gasteiger partial charge in [0.2, 0.25) is 5.95 Å². The number of H-pyrrole nitrogens is 1. The highest BCUT2D eigenvalue weighted by molar-refractivity contribution is 6.30. The van der Waals surface area contributed by atoms with Crippen molar-refractivity contribution in [2.24, 2.45) is 0 Å². The van der Waals surface area contributed by atoms with Gasteiger partial charge in [-0.3, -0.25) is 4.79 Å². The van der Waals surface area contributed by atoms with Crippen LogP contribution >= 0.6 is 11.6 Å². The molecular weight excluding hydrogens is 364 g/mol. The Morgan fingerprint density at radius 2 is 1.96 bits per heavy atom. The Balaban J connectivity index is 1.47. The monoisotopic (exact) mass is 378 g/mol. The molecule has 0 unspecified atom stereocenters. The third kappa shape index (κ3) is 3.93. The second-order valence-corrected chi connectivity index (χ2v) is 6.32. The van der Waals surface area contributed by atoms with Gasteiger partial charge in [0.25, 0.3) is 5.56 Å². The molecule has 4 rings (SSSR count). The second kappa shape index (κ2) is 7.51. The lowest BCUT2D eigenvalue weighted by Gasteiger charge is -2.06. The van der Waals surface area contributed by atoms with E-state index >= 15 is 0 Å². The number of anilines is 1. The molecule has 2 aromatic carbocycles. The second-order valence-electron chi connectivity index (χ2n) is 5.88. The molecule has 0 aliphatic rings. The Hall–Kier alpha value is -3.32. The Labute approximate surface area is 159 Å². The zero-order valence-electron chi connectivity index (χ0n) is 14.2. The van der Waals surface area contributed by atoms with Gasteiger partial charge >= 0.3 is 0 Å². The van der Waals surface area contributed by atoms with Crippen molar-refractivity contribution >= 4 is 28.5 Å². The predicted octanol–water partition coefficient (Wildman–Crippen LogP) is 3.08. The van der Waals surface area contributed by atoms with Crippen molar-refractivity contribution in [3.8, 4) is 11.3 Å². The van der Waals surface area contributed by atoms with Crippen LogP contribution in [0.5, 0.6) is 0 Å². The molecule has 2 N–H and O–H groups in total. The van der Waals surface area contributed by atoms with Crippen molar-refractivity contribution < 1.29 is 0 Å². The summed E-state index contributed by atoms with van der Waals surface area (Å²) in [7, 11) is 0. The number of nitrogens with one attached hydrogen (secondary N) is 2. The lowest BCUT2D eigenvalue weighted by molar-refractivity contribution is 0.874. The summed E-state index contributed by atoms with van der Waals surface area (Å²) in [5.41, 5.74) is 2.07. The smallest absolute Gasteiger partial charge is 0.258 e. The molecule has 0 spiro atoms. The van der Waals surface area contributed by atoms with Crippen molar-refractivity contribution in [1.82, 2.24) is 25.1 Å². The molecule has 0 fully saturated rings. The number of fused-ring (bicyclic) bond motifs is 1. The molecule has 2 heterocycles. The number of hydrogen-bond acceptors (Lipinski definition) is 6. The zero-order valence-corrected chi connectivity index (χ0v) is 14.9. The Bertz CT molecular complexity index is 1160. The summed E-state index contributed by atoms with van der Waals surface area (Å²) in [5.74, 6) is 1.00. The molecule has 0 bridgehead atoms. The third-order valence-corrected chi connectivity index (χ3v) is 4.22. The van der Waals surface area contributed by atoms with Crippen LogP contribution in [0.3, 0.4) is 0 Å². The fourth-order valence-electron chi connectivity index (χ4n) is 2.71. The van der Waals surface area contributed by atoms with Crippen LogP contribution in [0.2, 0.25) is 5.02 Å². The van der Waals surface area contributed by atoms with Gasteiger partial charge in [0, 0.05) is 23.6 Å². The molecule has 0 saturated carbocycles. The van der Waals surface area contributed by atoms with E-state index in [1.165, 1.54) is 0 Å². The van der Waals surface area contributed by atoms with E-state index in [-0.39, 0.29) is 5.56 Å². The minimum atomic E-state index is -0.142. The quantitative estimate of drug-likeness (QED) is 0.554. The van der Waals surface area contributed by atoms with Crippen molar-refractivity contribution in [2.45, 2.75) is 6.42 Å². The third-order valence-electron chi connectivity index (χ3n) is 3.99. The van der Waals surface area contributed by atoms with Gasteiger partial charge in [-0.15, -0.1) is 5.10 Å². The minimum Gasteiger partial charge on any atom is -0.352 e. The fraction of sp³-hybridized carbons (Fsp3) is 0.105. The Morgan fingerprint density at radius 1 is 1.07 bits per heavy atom. The highest BCUT2D eigenvalue weighted by Crippen LogP contribution is 2.20. The van der Waals surface area contributed by atoms with Gasteiger partial charge in [0.1, 0.15) is 5.82 Å². The van der Waals surface area contributed by atoms with Gasteiger partial charge in [-0.05, 0) is 24.3 Å². The molecule has 0 radical (unpaired) electrons. The SMILES string of the molecule is O=c1[nH]c(CCNc2nncc(-c3cccc(Cl)c3)n2)nc2ccccc12. The molecular formula is C19H15ClN6O. The van der Waals surface area contributed by atoms with Crippen LogP contribution < -0.4 is 10.9 Å². The number of rotatable bonds is 5. The molecule has 134 valence electrons. The molecule has 0 amide bonds. The van der Waals surface area contributed by atoms with E-state index in [1.54, 1.807) is 18.3 Å². The van der Waals surface area contributed by atoms with Gasteiger partial charge < -0.3 is 10.3 Å². The lowest BCUT2D eigenvalue weighted by atomic mass is 10.2. The number of nitrogens with zero attached hydrogens (tertiary/aromatic N) is 4. The molecule has 2 aromatic heterocycles. The molecule has 0 saturated heterocycles. The highest BCUT2D eigenvalue weighted by atomic mass is 35.5. The Morgan fingerprint density at radius 3 is 2.85 bits per heavy atom. The summed E-state index contributed by atoms with van der Waals surface area (Å²) >= 11 is 6.02. The van der Waals surface area contributed by atoms with E-state index in [0.717, 1.165) is 5.56 Å². The molecule has 8 heteroatoms. The van der Waals surface area contributed by atoms with E-state index in [1.807, 2.05) is 36.4 Å². The largest absolute Gasteiger partial charge is 0.352 e. The summed E-state index contributed by atoms with van der Waals surface area (Å²) < 4.78 is 0. The standard InChI is InChI=1S/C19H15ClN6O/c20-13-5-3-4-12(10-13)16-11-22-26-19(24-16)21-9-8-17-23-15-7-2-1-6-14(15)18(27)25-17/h1-7,10-11H,8-9H2,(H,21,24,26)(H,23,25,27). The number of aromatic amines is 1. The molecule has 0 aliphatic heterocycles. The minimum absolute atomic E-state index is 0.142. The summed E-state index contributed by atoms with van der Waals surface area (Å²) in [6.07, 6.45) is 2.10. The van der Waals surface area contributed by atoms with Gasteiger partial charge in [0.05, 0.1) is 22.8 Å². The molecule has 4 aromatic rings. The van der Waals surface area contributed by atoms with Crippen LogP contribution in [-0.2, 0) is 6.42 Å². The van der Waals surface area contributed by atoms with Crippen LogP contribution in [0.15, 0.2) is 59.5 Å². The Kier molecular flexibility index (Phi) is 4.76. The van der Waals surface area contributed by atoms with Gasteiger partial charge in [0.15, 0.2) is 0 Å². The number of hydrogen-bond donors (Lipinski definition) is 2. The number of halogens is 1. The first kappa shape index (κ1) is 17.1. The first-order chi connectivity index (χ1) is 13.2. The van der Waals surface area contributed by atoms with Crippen LogP contribution in [0.4, 0.5) is 5.95 Å². The normalized spacial score (nSPS) is 10.9. The molecule has 27 heavy (non-hydrogen) atoms. The molecule has 0 aliphatic carbocycles. The van der Waals surface area contributed by atoms with Crippen LogP contribution in [0.1, 0.15) is 5.82 Å². The van der Waals surface area contributed by atoms with Crippen molar-refractivity contribution in [3.05, 3.63) is 75.9 Å². The van der Waals surface area contributed by atoms with Crippen LogP contribution in [-0.4, -0.2) is 31.7 Å². The van der Waals surface area contributed by atoms with Gasteiger partial charge in [-0.1, -0.05) is 35.9 Å².